The summed E-state index contributed by atoms with van der Waals surface area (Å²) in [6, 6.07) is 8.36. The molecule has 1 atom stereocenters. The van der Waals surface area contributed by atoms with Crippen LogP contribution in [-0.4, -0.2) is 53.7 Å². The molecule has 2 heterocycles. The van der Waals surface area contributed by atoms with Crippen molar-refractivity contribution in [2.45, 2.75) is 26.1 Å². The first-order valence-corrected chi connectivity index (χ1v) is 8.98. The lowest BCUT2D eigenvalue weighted by Crippen LogP contribution is -2.49. The third-order valence-corrected chi connectivity index (χ3v) is 4.37. The minimum absolute atomic E-state index is 0.166. The van der Waals surface area contributed by atoms with Crippen LogP contribution in [0.3, 0.4) is 0 Å². The summed E-state index contributed by atoms with van der Waals surface area (Å²) in [5, 5.41) is 2.78. The SMILES string of the molecule is C[C@H](NC(=O)N(Cc1ccncc1)Cc1ccc2c(c1)OCO2)C(=O)N(C)C. The second kappa shape index (κ2) is 8.60. The molecular weight excluding hydrogens is 360 g/mol. The van der Waals surface area contributed by atoms with E-state index in [1.807, 2.05) is 30.3 Å². The molecule has 0 fully saturated rings. The van der Waals surface area contributed by atoms with Gasteiger partial charge in [-0.05, 0) is 42.3 Å². The molecule has 3 amide bonds. The van der Waals surface area contributed by atoms with Crippen LogP contribution in [0.25, 0.3) is 0 Å². The van der Waals surface area contributed by atoms with E-state index in [0.29, 0.717) is 24.6 Å². The first-order chi connectivity index (χ1) is 13.4. The molecule has 0 bridgehead atoms. The van der Waals surface area contributed by atoms with Gasteiger partial charge >= 0.3 is 6.03 Å². The van der Waals surface area contributed by atoms with Crippen molar-refractivity contribution < 1.29 is 19.1 Å². The van der Waals surface area contributed by atoms with Crippen molar-refractivity contribution in [1.82, 2.24) is 20.1 Å². The minimum Gasteiger partial charge on any atom is -0.454 e. The Labute approximate surface area is 164 Å². The van der Waals surface area contributed by atoms with Crippen molar-refractivity contribution in [3.63, 3.8) is 0 Å². The number of fused-ring (bicyclic) bond motifs is 1. The average Bonchev–Trinajstić information content (AvgIpc) is 3.15. The molecule has 2 aromatic rings. The van der Waals surface area contributed by atoms with Gasteiger partial charge in [-0.15, -0.1) is 0 Å². The van der Waals surface area contributed by atoms with Gasteiger partial charge in [-0.1, -0.05) is 6.07 Å². The summed E-state index contributed by atoms with van der Waals surface area (Å²) in [5.74, 6) is 1.19. The molecular formula is C20H24N4O4. The van der Waals surface area contributed by atoms with Crippen molar-refractivity contribution in [3.05, 3.63) is 53.9 Å². The lowest BCUT2D eigenvalue weighted by molar-refractivity contribution is -0.130. The fourth-order valence-corrected chi connectivity index (χ4v) is 2.89. The highest BCUT2D eigenvalue weighted by atomic mass is 16.7. The van der Waals surface area contributed by atoms with E-state index < -0.39 is 6.04 Å². The molecule has 8 heteroatoms. The van der Waals surface area contributed by atoms with Crippen LogP contribution in [0.1, 0.15) is 18.1 Å². The quantitative estimate of drug-likeness (QED) is 0.824. The Morgan fingerprint density at radius 3 is 2.46 bits per heavy atom. The van der Waals surface area contributed by atoms with Crippen molar-refractivity contribution in [2.75, 3.05) is 20.9 Å². The fraction of sp³-hybridized carbons (Fsp3) is 0.350. The Bertz CT molecular complexity index is 841. The molecule has 0 aliphatic carbocycles. The predicted molar refractivity (Wildman–Crippen MR) is 103 cm³/mol. The Kier molecular flexibility index (Phi) is 5.98. The first kappa shape index (κ1) is 19.5. The molecule has 0 radical (unpaired) electrons. The second-order valence-corrected chi connectivity index (χ2v) is 6.80. The monoisotopic (exact) mass is 384 g/mol. The van der Waals surface area contributed by atoms with E-state index in [1.54, 1.807) is 38.3 Å². The van der Waals surface area contributed by atoms with Gasteiger partial charge < -0.3 is 24.6 Å². The van der Waals surface area contributed by atoms with Crippen LogP contribution in [0.2, 0.25) is 0 Å². The highest BCUT2D eigenvalue weighted by Gasteiger charge is 2.22. The Hall–Kier alpha value is -3.29. The zero-order valence-corrected chi connectivity index (χ0v) is 16.2. The van der Waals surface area contributed by atoms with Gasteiger partial charge in [-0.3, -0.25) is 9.78 Å². The summed E-state index contributed by atoms with van der Waals surface area (Å²) < 4.78 is 10.8. The lowest BCUT2D eigenvalue weighted by Gasteiger charge is -2.26. The van der Waals surface area contributed by atoms with Crippen LogP contribution in [0.15, 0.2) is 42.7 Å². The van der Waals surface area contributed by atoms with E-state index in [2.05, 4.69) is 10.3 Å². The average molecular weight is 384 g/mol. The second-order valence-electron chi connectivity index (χ2n) is 6.80. The summed E-state index contributed by atoms with van der Waals surface area (Å²) in [6.45, 7) is 2.61. The summed E-state index contributed by atoms with van der Waals surface area (Å²) in [4.78, 5) is 32.1. The van der Waals surface area contributed by atoms with E-state index in [4.69, 9.17) is 9.47 Å². The highest BCUT2D eigenvalue weighted by Crippen LogP contribution is 2.32. The Morgan fingerprint density at radius 2 is 1.75 bits per heavy atom. The Balaban J connectivity index is 1.76. The lowest BCUT2D eigenvalue weighted by atomic mass is 10.1. The maximum atomic E-state index is 12.9. The molecule has 148 valence electrons. The van der Waals surface area contributed by atoms with E-state index in [-0.39, 0.29) is 18.7 Å². The van der Waals surface area contributed by atoms with Crippen LogP contribution in [0.4, 0.5) is 4.79 Å². The topological polar surface area (TPSA) is 84.0 Å². The summed E-state index contributed by atoms with van der Waals surface area (Å²) >= 11 is 0. The number of aromatic nitrogens is 1. The number of rotatable bonds is 6. The van der Waals surface area contributed by atoms with Crippen molar-refractivity contribution in [2.24, 2.45) is 0 Å². The highest BCUT2D eigenvalue weighted by molar-refractivity contribution is 5.86. The van der Waals surface area contributed by atoms with E-state index in [1.165, 1.54) is 4.90 Å². The van der Waals surface area contributed by atoms with Crippen LogP contribution < -0.4 is 14.8 Å². The number of carbonyl (C=O) groups excluding carboxylic acids is 2. The number of pyridine rings is 1. The molecule has 0 unspecified atom stereocenters. The molecule has 0 saturated heterocycles. The maximum absolute atomic E-state index is 12.9. The summed E-state index contributed by atoms with van der Waals surface area (Å²) in [5.41, 5.74) is 1.84. The number of hydrogen-bond donors (Lipinski definition) is 1. The number of urea groups is 1. The largest absolute Gasteiger partial charge is 0.454 e. The van der Waals surface area contributed by atoms with Crippen molar-refractivity contribution in [1.29, 1.82) is 0 Å². The molecule has 1 N–H and O–H groups in total. The number of amides is 3. The fourth-order valence-electron chi connectivity index (χ4n) is 2.89. The van der Waals surface area contributed by atoms with Crippen LogP contribution in [-0.2, 0) is 17.9 Å². The van der Waals surface area contributed by atoms with E-state index in [0.717, 1.165) is 11.1 Å². The third-order valence-electron chi connectivity index (χ3n) is 4.37. The minimum atomic E-state index is -0.626. The van der Waals surface area contributed by atoms with Gasteiger partial charge in [0.2, 0.25) is 12.7 Å². The maximum Gasteiger partial charge on any atom is 0.318 e. The number of nitrogens with one attached hydrogen (secondary N) is 1. The zero-order chi connectivity index (χ0) is 20.1. The number of ether oxygens (including phenoxy) is 2. The summed E-state index contributed by atoms with van der Waals surface area (Å²) in [6.07, 6.45) is 3.37. The molecule has 1 aliphatic rings. The molecule has 1 aliphatic heterocycles. The molecule has 28 heavy (non-hydrogen) atoms. The van der Waals surface area contributed by atoms with Crippen molar-refractivity contribution in [3.8, 4) is 11.5 Å². The molecule has 8 nitrogen and oxygen atoms in total. The third kappa shape index (κ3) is 4.70. The number of benzene rings is 1. The Morgan fingerprint density at radius 1 is 1.07 bits per heavy atom. The standard InChI is InChI=1S/C20H24N4O4/c1-14(19(25)23(2)3)22-20(26)24(11-15-6-8-21-9-7-15)12-16-4-5-17-18(10-16)28-13-27-17/h4-10,14H,11-13H2,1-3H3,(H,22,26)/t14-/m0/s1. The van der Waals surface area contributed by atoms with Gasteiger partial charge in [0.1, 0.15) is 6.04 Å². The van der Waals surface area contributed by atoms with Gasteiger partial charge in [0.05, 0.1) is 0 Å². The van der Waals surface area contributed by atoms with Gasteiger partial charge in [-0.2, -0.15) is 0 Å². The summed E-state index contributed by atoms with van der Waals surface area (Å²) in [7, 11) is 3.32. The molecule has 1 aromatic heterocycles. The van der Waals surface area contributed by atoms with Crippen molar-refractivity contribution >= 4 is 11.9 Å². The van der Waals surface area contributed by atoms with E-state index >= 15 is 0 Å². The molecule has 0 saturated carbocycles. The van der Waals surface area contributed by atoms with Crippen LogP contribution >= 0.6 is 0 Å². The molecule has 1 aromatic carbocycles. The predicted octanol–water partition coefficient (Wildman–Crippen LogP) is 2.00. The first-order valence-electron chi connectivity index (χ1n) is 8.98. The number of nitrogens with zero attached hydrogens (tertiary/aromatic N) is 3. The smallest absolute Gasteiger partial charge is 0.318 e. The zero-order valence-electron chi connectivity index (χ0n) is 16.2. The number of likely N-dealkylation sites (N-methyl/N-ethyl adjacent to an activating group) is 1. The van der Waals surface area contributed by atoms with Gasteiger partial charge in [0.15, 0.2) is 11.5 Å². The normalized spacial score (nSPS) is 13.0. The van der Waals surface area contributed by atoms with Gasteiger partial charge in [-0.25, -0.2) is 4.79 Å². The molecule has 3 rings (SSSR count). The number of hydrogen-bond acceptors (Lipinski definition) is 5. The molecule has 0 spiro atoms. The van der Waals surface area contributed by atoms with Gasteiger partial charge in [0.25, 0.3) is 0 Å². The van der Waals surface area contributed by atoms with E-state index in [9.17, 15) is 9.59 Å². The van der Waals surface area contributed by atoms with Crippen LogP contribution in [0, 0.1) is 0 Å². The number of carbonyl (C=O) groups is 2. The van der Waals surface area contributed by atoms with Crippen LogP contribution in [0.5, 0.6) is 11.5 Å². The van der Waals surface area contributed by atoms with Gasteiger partial charge in [0, 0.05) is 39.6 Å².